The molecule has 1 aliphatic heterocycles. The smallest absolute Gasteiger partial charge is 0.328 e. The average Bonchev–Trinajstić information content (AvgIpc) is 2.50. The van der Waals surface area contributed by atoms with Crippen LogP contribution in [0.25, 0.3) is 0 Å². The van der Waals surface area contributed by atoms with Crippen LogP contribution in [-0.2, 0) is 20.7 Å². The van der Waals surface area contributed by atoms with Crippen LogP contribution < -0.4 is 0 Å². The maximum absolute atomic E-state index is 12.4. The Morgan fingerprint density at radius 1 is 1.29 bits per heavy atom. The first-order valence-electron chi connectivity index (χ1n) is 6.84. The number of likely N-dealkylation sites (tertiary alicyclic amines) is 1. The van der Waals surface area contributed by atoms with Crippen molar-refractivity contribution in [2.75, 3.05) is 13.7 Å². The Labute approximate surface area is 134 Å². The van der Waals surface area contributed by atoms with Gasteiger partial charge in [0.2, 0.25) is 5.91 Å². The molecule has 0 aliphatic carbocycles. The fourth-order valence-electron chi connectivity index (χ4n) is 2.54. The predicted molar refractivity (Wildman–Crippen MR) is 81.5 cm³/mol. The lowest BCUT2D eigenvalue weighted by molar-refractivity contribution is -0.154. The summed E-state index contributed by atoms with van der Waals surface area (Å²) in [6.07, 6.45) is 2.68. The summed E-state index contributed by atoms with van der Waals surface area (Å²) in [6, 6.07) is 4.64. The van der Waals surface area contributed by atoms with Crippen LogP contribution in [0.4, 0.5) is 0 Å². The number of rotatable bonds is 3. The summed E-state index contributed by atoms with van der Waals surface area (Å²) in [4.78, 5) is 25.8. The van der Waals surface area contributed by atoms with E-state index in [4.69, 9.17) is 27.9 Å². The highest BCUT2D eigenvalue weighted by Gasteiger charge is 2.32. The molecule has 1 saturated heterocycles. The van der Waals surface area contributed by atoms with Crippen molar-refractivity contribution in [2.45, 2.75) is 31.7 Å². The molecule has 1 unspecified atom stereocenters. The third-order valence-corrected chi connectivity index (χ3v) is 4.37. The van der Waals surface area contributed by atoms with Crippen LogP contribution in [0.1, 0.15) is 24.8 Å². The largest absolute Gasteiger partial charge is 0.467 e. The second-order valence-corrected chi connectivity index (χ2v) is 5.86. The average molecular weight is 330 g/mol. The Kier molecular flexibility index (Phi) is 5.48. The first-order chi connectivity index (χ1) is 10.0. The van der Waals surface area contributed by atoms with E-state index in [1.54, 1.807) is 23.1 Å². The molecule has 1 amide bonds. The Bertz CT molecular complexity index is 548. The monoisotopic (exact) mass is 329 g/mol. The predicted octanol–water partition coefficient (Wildman–Crippen LogP) is 3.09. The van der Waals surface area contributed by atoms with Gasteiger partial charge in [-0.25, -0.2) is 4.79 Å². The van der Waals surface area contributed by atoms with Gasteiger partial charge in [0, 0.05) is 6.54 Å². The number of ether oxygens (including phenoxy) is 1. The number of nitrogens with zero attached hydrogens (tertiary/aromatic N) is 1. The first kappa shape index (κ1) is 16.1. The highest BCUT2D eigenvalue weighted by molar-refractivity contribution is 6.42. The number of hydrogen-bond donors (Lipinski definition) is 0. The van der Waals surface area contributed by atoms with Gasteiger partial charge < -0.3 is 9.64 Å². The number of halogens is 2. The standard InChI is InChI=1S/C15H17Cl2NO3/c1-21-15(20)13-4-2-3-7-18(13)14(19)9-10-5-6-11(16)12(17)8-10/h5-6,8,13H,2-4,7,9H2,1H3. The third kappa shape index (κ3) is 3.89. The third-order valence-electron chi connectivity index (χ3n) is 3.64. The van der Waals surface area contributed by atoms with Crippen LogP contribution in [0.2, 0.25) is 10.0 Å². The van der Waals surface area contributed by atoms with Gasteiger partial charge in [0.15, 0.2) is 0 Å². The zero-order chi connectivity index (χ0) is 15.4. The normalized spacial score (nSPS) is 18.4. The van der Waals surface area contributed by atoms with E-state index in [2.05, 4.69) is 0 Å². The van der Waals surface area contributed by atoms with E-state index in [1.807, 2.05) is 0 Å². The van der Waals surface area contributed by atoms with Gasteiger partial charge in [-0.05, 0) is 37.0 Å². The molecule has 0 N–H and O–H groups in total. The van der Waals surface area contributed by atoms with Gasteiger partial charge in [-0.15, -0.1) is 0 Å². The molecule has 1 aromatic rings. The molecule has 0 aromatic heterocycles. The van der Waals surface area contributed by atoms with E-state index in [1.165, 1.54) is 7.11 Å². The maximum Gasteiger partial charge on any atom is 0.328 e. The zero-order valence-electron chi connectivity index (χ0n) is 11.8. The number of methoxy groups -OCH3 is 1. The summed E-state index contributed by atoms with van der Waals surface area (Å²) in [5.41, 5.74) is 0.781. The fraction of sp³-hybridized carbons (Fsp3) is 0.467. The van der Waals surface area contributed by atoms with Gasteiger partial charge in [0.1, 0.15) is 6.04 Å². The maximum atomic E-state index is 12.4. The molecule has 1 aromatic carbocycles. The lowest BCUT2D eigenvalue weighted by atomic mass is 10.0. The second-order valence-electron chi connectivity index (χ2n) is 5.05. The molecule has 2 rings (SSSR count). The number of amides is 1. The molecule has 4 nitrogen and oxygen atoms in total. The molecule has 1 atom stereocenters. The molecule has 0 radical (unpaired) electrons. The summed E-state index contributed by atoms with van der Waals surface area (Å²) in [6.45, 7) is 0.583. The van der Waals surface area contributed by atoms with Crippen molar-refractivity contribution >= 4 is 35.1 Å². The fourth-order valence-corrected chi connectivity index (χ4v) is 2.86. The number of piperidine rings is 1. The zero-order valence-corrected chi connectivity index (χ0v) is 13.3. The summed E-state index contributed by atoms with van der Waals surface area (Å²) in [5, 5.41) is 0.878. The topological polar surface area (TPSA) is 46.6 Å². The molecule has 1 heterocycles. The summed E-state index contributed by atoms with van der Waals surface area (Å²) >= 11 is 11.8. The van der Waals surface area contributed by atoms with E-state index in [0.717, 1.165) is 18.4 Å². The highest BCUT2D eigenvalue weighted by atomic mass is 35.5. The Morgan fingerprint density at radius 3 is 2.71 bits per heavy atom. The van der Waals surface area contributed by atoms with Gasteiger partial charge >= 0.3 is 5.97 Å². The van der Waals surface area contributed by atoms with Gasteiger partial charge in [-0.3, -0.25) is 4.79 Å². The molecule has 114 valence electrons. The Morgan fingerprint density at radius 2 is 2.05 bits per heavy atom. The van der Waals surface area contributed by atoms with E-state index >= 15 is 0 Å². The number of carbonyl (C=O) groups is 2. The lowest BCUT2D eigenvalue weighted by Crippen LogP contribution is -2.49. The lowest BCUT2D eigenvalue weighted by Gasteiger charge is -2.33. The number of benzene rings is 1. The minimum Gasteiger partial charge on any atom is -0.467 e. The quantitative estimate of drug-likeness (QED) is 0.800. The minimum atomic E-state index is -0.473. The Balaban J connectivity index is 2.10. The van der Waals surface area contributed by atoms with Crippen molar-refractivity contribution in [1.82, 2.24) is 4.90 Å². The van der Waals surface area contributed by atoms with Crippen molar-refractivity contribution in [2.24, 2.45) is 0 Å². The second kappa shape index (κ2) is 7.14. The van der Waals surface area contributed by atoms with Crippen LogP contribution >= 0.6 is 23.2 Å². The van der Waals surface area contributed by atoms with Crippen LogP contribution in [0.5, 0.6) is 0 Å². The van der Waals surface area contributed by atoms with Gasteiger partial charge in [-0.1, -0.05) is 29.3 Å². The van der Waals surface area contributed by atoms with Crippen LogP contribution in [0.3, 0.4) is 0 Å². The van der Waals surface area contributed by atoms with Crippen molar-refractivity contribution in [3.8, 4) is 0 Å². The number of esters is 1. The van der Waals surface area contributed by atoms with Crippen molar-refractivity contribution in [3.63, 3.8) is 0 Å². The van der Waals surface area contributed by atoms with Crippen molar-refractivity contribution in [1.29, 1.82) is 0 Å². The molecule has 6 heteroatoms. The van der Waals surface area contributed by atoms with Crippen LogP contribution in [0, 0.1) is 0 Å². The van der Waals surface area contributed by atoms with Gasteiger partial charge in [0.05, 0.1) is 23.6 Å². The van der Waals surface area contributed by atoms with E-state index < -0.39 is 6.04 Å². The van der Waals surface area contributed by atoms with Crippen molar-refractivity contribution in [3.05, 3.63) is 33.8 Å². The van der Waals surface area contributed by atoms with Crippen LogP contribution in [-0.4, -0.2) is 36.5 Å². The van der Waals surface area contributed by atoms with Gasteiger partial charge in [0.25, 0.3) is 0 Å². The number of hydrogen-bond acceptors (Lipinski definition) is 3. The summed E-state index contributed by atoms with van der Waals surface area (Å²) in [5.74, 6) is -0.444. The first-order valence-corrected chi connectivity index (χ1v) is 7.59. The molecule has 0 spiro atoms. The molecule has 0 bridgehead atoms. The molecule has 21 heavy (non-hydrogen) atoms. The van der Waals surface area contributed by atoms with E-state index in [0.29, 0.717) is 23.0 Å². The SMILES string of the molecule is COC(=O)C1CCCCN1C(=O)Cc1ccc(Cl)c(Cl)c1. The van der Waals surface area contributed by atoms with Gasteiger partial charge in [-0.2, -0.15) is 0 Å². The highest BCUT2D eigenvalue weighted by Crippen LogP contribution is 2.24. The summed E-state index contributed by atoms with van der Waals surface area (Å²) < 4.78 is 4.78. The molecule has 0 saturated carbocycles. The van der Waals surface area contributed by atoms with E-state index in [-0.39, 0.29) is 18.3 Å². The number of carbonyl (C=O) groups excluding carboxylic acids is 2. The molecule has 1 aliphatic rings. The van der Waals surface area contributed by atoms with E-state index in [9.17, 15) is 9.59 Å². The Hall–Kier alpha value is -1.26. The molecule has 1 fully saturated rings. The van der Waals surface area contributed by atoms with Crippen LogP contribution in [0.15, 0.2) is 18.2 Å². The molecular weight excluding hydrogens is 313 g/mol. The molecular formula is C15H17Cl2NO3. The minimum absolute atomic E-state index is 0.0940. The van der Waals surface area contributed by atoms with Crippen molar-refractivity contribution < 1.29 is 14.3 Å². The summed E-state index contributed by atoms with van der Waals surface area (Å²) in [7, 11) is 1.35.